The summed E-state index contributed by atoms with van der Waals surface area (Å²) in [6.07, 6.45) is -0.0261. The van der Waals surface area contributed by atoms with E-state index in [0.29, 0.717) is 6.61 Å². The molecule has 5 heteroatoms. The molecule has 1 rings (SSSR count). The lowest BCUT2D eigenvalue weighted by Crippen LogP contribution is -2.47. The molecule has 1 heterocycles. The Bertz CT molecular complexity index is 193. The highest BCUT2D eigenvalue weighted by Crippen LogP contribution is 1.97. The molecular weight excluding hydrogens is 196 g/mol. The maximum absolute atomic E-state index is 11.6. The highest BCUT2D eigenvalue weighted by molar-refractivity contribution is 5.77. The molecule has 1 fully saturated rings. The van der Waals surface area contributed by atoms with Gasteiger partial charge in [-0.3, -0.25) is 4.79 Å². The van der Waals surface area contributed by atoms with E-state index in [2.05, 4.69) is 5.32 Å². The molecule has 88 valence electrons. The first-order chi connectivity index (χ1) is 7.24. The van der Waals surface area contributed by atoms with Gasteiger partial charge in [-0.15, -0.1) is 0 Å². The first-order valence-corrected chi connectivity index (χ1v) is 5.33. The van der Waals surface area contributed by atoms with Crippen LogP contribution in [-0.4, -0.2) is 63.4 Å². The maximum atomic E-state index is 11.6. The number of amides is 1. The van der Waals surface area contributed by atoms with E-state index in [9.17, 15) is 4.79 Å². The van der Waals surface area contributed by atoms with Crippen molar-refractivity contribution < 1.29 is 14.3 Å². The lowest BCUT2D eigenvalue weighted by atomic mass is 10.3. The van der Waals surface area contributed by atoms with Crippen LogP contribution in [0.4, 0.5) is 0 Å². The second-order valence-corrected chi connectivity index (χ2v) is 3.71. The molecule has 0 radical (unpaired) electrons. The van der Waals surface area contributed by atoms with Gasteiger partial charge in [0.25, 0.3) is 0 Å². The predicted molar refractivity (Wildman–Crippen MR) is 56.7 cm³/mol. The first kappa shape index (κ1) is 12.4. The second kappa shape index (κ2) is 6.76. The Morgan fingerprint density at radius 2 is 2.13 bits per heavy atom. The third-order valence-electron chi connectivity index (χ3n) is 2.36. The smallest absolute Gasteiger partial charge is 0.248 e. The number of ether oxygens (including phenoxy) is 2. The van der Waals surface area contributed by atoms with Crippen LogP contribution in [0.25, 0.3) is 0 Å². The molecule has 1 amide bonds. The molecule has 0 aromatic rings. The number of piperazine rings is 1. The summed E-state index contributed by atoms with van der Waals surface area (Å²) >= 11 is 0. The standard InChI is InChI=1S/C10H20N2O3/c1-9(7-14-2)15-8-10(13)12-5-3-11-4-6-12/h9,11H,3-8H2,1-2H3. The van der Waals surface area contributed by atoms with Gasteiger partial charge < -0.3 is 19.7 Å². The number of hydrogen-bond donors (Lipinski definition) is 1. The van der Waals surface area contributed by atoms with Gasteiger partial charge in [0.2, 0.25) is 5.91 Å². The molecular formula is C10H20N2O3. The summed E-state index contributed by atoms with van der Waals surface area (Å²) in [6, 6.07) is 0. The van der Waals surface area contributed by atoms with Crippen molar-refractivity contribution >= 4 is 5.91 Å². The molecule has 1 aliphatic heterocycles. The third-order valence-corrected chi connectivity index (χ3v) is 2.36. The van der Waals surface area contributed by atoms with Crippen molar-refractivity contribution in [3.05, 3.63) is 0 Å². The molecule has 15 heavy (non-hydrogen) atoms. The van der Waals surface area contributed by atoms with E-state index in [0.717, 1.165) is 26.2 Å². The molecule has 1 atom stereocenters. The van der Waals surface area contributed by atoms with Crippen LogP contribution in [0.2, 0.25) is 0 Å². The van der Waals surface area contributed by atoms with Crippen LogP contribution in [-0.2, 0) is 14.3 Å². The minimum atomic E-state index is -0.0261. The van der Waals surface area contributed by atoms with Crippen LogP contribution in [0.3, 0.4) is 0 Å². The van der Waals surface area contributed by atoms with Crippen molar-refractivity contribution in [2.24, 2.45) is 0 Å². The zero-order chi connectivity index (χ0) is 11.1. The molecule has 0 bridgehead atoms. The Labute approximate surface area is 90.7 Å². The number of nitrogens with zero attached hydrogens (tertiary/aromatic N) is 1. The summed E-state index contributed by atoms with van der Waals surface area (Å²) in [7, 11) is 1.62. The SMILES string of the molecule is COCC(C)OCC(=O)N1CCNCC1. The van der Waals surface area contributed by atoms with Crippen molar-refractivity contribution in [1.29, 1.82) is 0 Å². The molecule has 1 saturated heterocycles. The summed E-state index contributed by atoms with van der Waals surface area (Å²) in [5, 5.41) is 3.20. The van der Waals surface area contributed by atoms with Crippen LogP contribution >= 0.6 is 0 Å². The van der Waals surface area contributed by atoms with Crippen molar-refractivity contribution in [2.45, 2.75) is 13.0 Å². The molecule has 1 aliphatic rings. The highest BCUT2D eigenvalue weighted by atomic mass is 16.5. The van der Waals surface area contributed by atoms with Gasteiger partial charge in [0.15, 0.2) is 0 Å². The maximum Gasteiger partial charge on any atom is 0.248 e. The lowest BCUT2D eigenvalue weighted by Gasteiger charge is -2.27. The fourth-order valence-electron chi connectivity index (χ4n) is 1.50. The molecule has 1 unspecified atom stereocenters. The van der Waals surface area contributed by atoms with Gasteiger partial charge in [-0.25, -0.2) is 0 Å². The van der Waals surface area contributed by atoms with E-state index >= 15 is 0 Å². The first-order valence-electron chi connectivity index (χ1n) is 5.33. The van der Waals surface area contributed by atoms with Crippen LogP contribution in [0, 0.1) is 0 Å². The molecule has 0 aromatic carbocycles. The number of carbonyl (C=O) groups excluding carboxylic acids is 1. The molecule has 0 aliphatic carbocycles. The zero-order valence-electron chi connectivity index (χ0n) is 9.49. The Kier molecular flexibility index (Phi) is 5.60. The Morgan fingerprint density at radius 1 is 1.47 bits per heavy atom. The Morgan fingerprint density at radius 3 is 2.73 bits per heavy atom. The van der Waals surface area contributed by atoms with E-state index in [1.54, 1.807) is 7.11 Å². The summed E-state index contributed by atoms with van der Waals surface area (Å²) < 4.78 is 10.3. The van der Waals surface area contributed by atoms with E-state index in [1.165, 1.54) is 0 Å². The number of rotatable bonds is 5. The monoisotopic (exact) mass is 216 g/mol. The van der Waals surface area contributed by atoms with Crippen LogP contribution in [0.15, 0.2) is 0 Å². The molecule has 0 spiro atoms. The zero-order valence-corrected chi connectivity index (χ0v) is 9.49. The van der Waals surface area contributed by atoms with Gasteiger partial charge in [0, 0.05) is 33.3 Å². The minimum Gasteiger partial charge on any atom is -0.382 e. The summed E-state index contributed by atoms with van der Waals surface area (Å²) in [4.78, 5) is 13.5. The minimum absolute atomic E-state index is 0.0261. The summed E-state index contributed by atoms with van der Waals surface area (Å²) in [6.45, 7) is 5.88. The average Bonchev–Trinajstić information content (AvgIpc) is 2.27. The molecule has 5 nitrogen and oxygen atoms in total. The van der Waals surface area contributed by atoms with Crippen molar-refractivity contribution in [3.8, 4) is 0 Å². The van der Waals surface area contributed by atoms with E-state index in [-0.39, 0.29) is 18.6 Å². The quantitative estimate of drug-likeness (QED) is 0.671. The fourth-order valence-corrected chi connectivity index (χ4v) is 1.50. The van der Waals surface area contributed by atoms with E-state index in [1.807, 2.05) is 11.8 Å². The highest BCUT2D eigenvalue weighted by Gasteiger charge is 2.16. The lowest BCUT2D eigenvalue weighted by molar-refractivity contribution is -0.139. The Balaban J connectivity index is 2.16. The summed E-state index contributed by atoms with van der Waals surface area (Å²) in [5.74, 6) is 0.0689. The average molecular weight is 216 g/mol. The summed E-state index contributed by atoms with van der Waals surface area (Å²) in [5.41, 5.74) is 0. The van der Waals surface area contributed by atoms with E-state index in [4.69, 9.17) is 9.47 Å². The topological polar surface area (TPSA) is 50.8 Å². The molecule has 1 N–H and O–H groups in total. The fraction of sp³-hybridized carbons (Fsp3) is 0.900. The van der Waals surface area contributed by atoms with Gasteiger partial charge in [0.1, 0.15) is 6.61 Å². The van der Waals surface area contributed by atoms with Gasteiger partial charge in [-0.1, -0.05) is 0 Å². The van der Waals surface area contributed by atoms with Crippen LogP contribution in [0.5, 0.6) is 0 Å². The Hall–Kier alpha value is -0.650. The molecule has 0 aromatic heterocycles. The van der Waals surface area contributed by atoms with Gasteiger partial charge in [-0.2, -0.15) is 0 Å². The third kappa shape index (κ3) is 4.59. The normalized spacial score (nSPS) is 18.9. The van der Waals surface area contributed by atoms with Crippen molar-refractivity contribution in [1.82, 2.24) is 10.2 Å². The van der Waals surface area contributed by atoms with Crippen LogP contribution in [0.1, 0.15) is 6.92 Å². The largest absolute Gasteiger partial charge is 0.382 e. The van der Waals surface area contributed by atoms with Gasteiger partial charge >= 0.3 is 0 Å². The van der Waals surface area contributed by atoms with Crippen molar-refractivity contribution in [3.63, 3.8) is 0 Å². The van der Waals surface area contributed by atoms with Gasteiger partial charge in [0.05, 0.1) is 12.7 Å². The molecule has 0 saturated carbocycles. The van der Waals surface area contributed by atoms with Gasteiger partial charge in [-0.05, 0) is 6.92 Å². The predicted octanol–water partition coefficient (Wildman–Crippen LogP) is -0.530. The number of methoxy groups -OCH3 is 1. The van der Waals surface area contributed by atoms with Crippen LogP contribution < -0.4 is 5.32 Å². The van der Waals surface area contributed by atoms with E-state index < -0.39 is 0 Å². The number of hydrogen-bond acceptors (Lipinski definition) is 4. The second-order valence-electron chi connectivity index (χ2n) is 3.71. The van der Waals surface area contributed by atoms with Crippen molar-refractivity contribution in [2.75, 3.05) is 46.5 Å². The number of carbonyl (C=O) groups is 1. The number of nitrogens with one attached hydrogen (secondary N) is 1.